The van der Waals surface area contributed by atoms with E-state index in [1.807, 2.05) is 0 Å². The fourth-order valence-corrected chi connectivity index (χ4v) is 0. The van der Waals surface area contributed by atoms with Crippen molar-refractivity contribution in [2.75, 3.05) is 0 Å². The Morgan fingerprint density at radius 1 is 1.50 bits per heavy atom. The minimum atomic E-state index is -1.51. The largest absolute Gasteiger partial charge is 0.631 e. The van der Waals surface area contributed by atoms with E-state index in [1.165, 1.54) is 0 Å². The van der Waals surface area contributed by atoms with E-state index in [0.717, 1.165) is 0 Å². The second-order valence-electron chi connectivity index (χ2n) is 0.289. The molecule has 0 aromatic heterocycles. The molecule has 0 saturated carbocycles. The Kier molecular flexibility index (Phi) is 0.311. The maximum Gasteiger partial charge on any atom is 0.631 e. The highest BCUT2D eigenvalue weighted by molar-refractivity contribution is 6.30. The van der Waals surface area contributed by atoms with Crippen LogP contribution in [0.3, 0.4) is 0 Å². The SMILES string of the molecule is [2H]OB(O[2H])O[2H]. The van der Waals surface area contributed by atoms with Gasteiger partial charge in [-0.1, -0.05) is 0 Å². The van der Waals surface area contributed by atoms with Crippen molar-refractivity contribution in [3.05, 3.63) is 0 Å². The van der Waals surface area contributed by atoms with E-state index in [2.05, 4.69) is 15.1 Å². The lowest BCUT2D eigenvalue weighted by atomic mass is 10.3. The monoisotopic (exact) mass is 65.0 g/mol. The molecule has 0 atom stereocenters. The molecule has 0 aliphatic rings. The van der Waals surface area contributed by atoms with Crippen molar-refractivity contribution in [2.45, 2.75) is 0 Å². The van der Waals surface area contributed by atoms with Gasteiger partial charge in [-0.25, -0.2) is 0 Å². The van der Waals surface area contributed by atoms with E-state index in [9.17, 15) is 0 Å². The summed E-state index contributed by atoms with van der Waals surface area (Å²) >= 11 is 0. The van der Waals surface area contributed by atoms with Crippen molar-refractivity contribution in [3.8, 4) is 0 Å². The molecule has 0 bridgehead atoms. The molecule has 0 amide bonds. The van der Waals surface area contributed by atoms with Crippen LogP contribution in [-0.4, -0.2) is 26.7 Å². The van der Waals surface area contributed by atoms with Gasteiger partial charge in [-0.05, 0) is 0 Å². The Morgan fingerprint density at radius 3 is 2.00 bits per heavy atom. The maximum atomic E-state index is 5.97. The van der Waals surface area contributed by atoms with Crippen molar-refractivity contribution in [3.63, 3.8) is 0 Å². The molecule has 0 fully saturated rings. The quantitative estimate of drug-likeness (QED) is 0.331. The summed E-state index contributed by atoms with van der Waals surface area (Å²) in [6.45, 7) is 0. The molecule has 0 unspecified atom stereocenters. The Bertz CT molecular complexity index is 31.7. The molecular formula is H3BO3. The van der Waals surface area contributed by atoms with E-state index >= 15 is 0 Å². The summed E-state index contributed by atoms with van der Waals surface area (Å²) in [5.74, 6) is 0. The van der Waals surface area contributed by atoms with Gasteiger partial charge < -0.3 is 15.1 Å². The van der Waals surface area contributed by atoms with Crippen molar-refractivity contribution >= 4 is 7.32 Å². The second kappa shape index (κ2) is 1.28. The standard InChI is InChI=1S/BH3O3/c2-1(3)4/h2-4H/i2D,3D,4D. The predicted octanol–water partition coefficient (Wildman–Crippen LogP) is -2.05. The van der Waals surface area contributed by atoms with Crippen LogP contribution >= 0.6 is 0 Å². The first-order valence-corrected chi connectivity index (χ1v) is 0.707. The molecule has 0 aromatic carbocycles. The van der Waals surface area contributed by atoms with Gasteiger partial charge in [-0.3, -0.25) is 0 Å². The van der Waals surface area contributed by atoms with E-state index < -0.39 is 7.32 Å². The van der Waals surface area contributed by atoms with Crippen molar-refractivity contribution < 1.29 is 15.1 Å². The van der Waals surface area contributed by atoms with E-state index in [0.29, 0.717) is 0 Å². The number of hydrogen-bond acceptors (Lipinski definition) is 3. The summed E-state index contributed by atoms with van der Waals surface area (Å²) < 4.78 is 17.9. The molecule has 3 N–H and O–H groups in total. The molecule has 0 saturated heterocycles. The van der Waals surface area contributed by atoms with E-state index in [1.54, 1.807) is 0 Å². The minimum absolute atomic E-state index is 1.51. The lowest BCUT2D eigenvalue weighted by Crippen LogP contribution is -2.07. The highest BCUT2D eigenvalue weighted by Crippen LogP contribution is 1.40. The van der Waals surface area contributed by atoms with E-state index in [-0.39, 0.29) is 0 Å². The molecular weight excluding hydrogens is 58.8 g/mol. The molecule has 0 heterocycles. The Hall–Kier alpha value is -0.0551. The van der Waals surface area contributed by atoms with Crippen molar-refractivity contribution in [1.29, 1.82) is 4.29 Å². The van der Waals surface area contributed by atoms with Crippen LogP contribution in [0.1, 0.15) is 0 Å². The zero-order valence-corrected chi connectivity index (χ0v) is 1.80. The fraction of sp³-hybridized carbons (Fsp3) is 0. The first-order valence-electron chi connectivity index (χ1n) is 1.93. The molecule has 0 aliphatic heterocycles. The van der Waals surface area contributed by atoms with Gasteiger partial charge in [0, 0.05) is 0 Å². The Balaban J connectivity index is 2.99. The molecule has 0 spiro atoms. The normalized spacial score (nSPS) is 16.5. The van der Waals surface area contributed by atoms with Crippen LogP contribution in [0.15, 0.2) is 0 Å². The molecule has 0 aromatic rings. The van der Waals surface area contributed by atoms with Crippen LogP contribution in [0, 0.1) is 0 Å². The zero-order chi connectivity index (χ0) is 5.70. The van der Waals surface area contributed by atoms with Crippen LogP contribution in [0.4, 0.5) is 0 Å². The van der Waals surface area contributed by atoms with Crippen LogP contribution in [0.5, 0.6) is 0 Å². The molecule has 0 aliphatic carbocycles. The Labute approximate surface area is 28.2 Å². The molecule has 4 heteroatoms. The van der Waals surface area contributed by atoms with Crippen LogP contribution in [0.25, 0.3) is 0 Å². The van der Waals surface area contributed by atoms with Crippen LogP contribution in [-0.2, 0) is 0 Å². The average molecular weight is 64.9 g/mol. The third-order valence-corrected chi connectivity index (χ3v) is 0. The molecule has 3 nitrogen and oxygen atoms in total. The summed E-state index contributed by atoms with van der Waals surface area (Å²) in [6.07, 6.45) is 0. The topological polar surface area (TPSA) is 60.7 Å². The van der Waals surface area contributed by atoms with Gasteiger partial charge in [0.15, 0.2) is 4.29 Å². The lowest BCUT2D eigenvalue weighted by molar-refractivity contribution is 0.278. The number of rotatable bonds is 3. The molecule has 24 valence electrons. The van der Waals surface area contributed by atoms with Gasteiger partial charge in [-0.15, -0.1) is 0 Å². The van der Waals surface area contributed by atoms with Crippen LogP contribution in [0.2, 0.25) is 0 Å². The maximum absolute atomic E-state index is 5.97. The minimum Gasteiger partial charge on any atom is -0.402 e. The molecule has 0 radical (unpaired) electrons. The fourth-order valence-electron chi connectivity index (χ4n) is 0. The highest BCUT2D eigenvalue weighted by atomic mass is 16.5. The summed E-state index contributed by atoms with van der Waals surface area (Å²) in [4.78, 5) is 0. The summed E-state index contributed by atoms with van der Waals surface area (Å²) in [5.41, 5.74) is 0. The summed E-state index contributed by atoms with van der Waals surface area (Å²) in [7, 11) is -1.51. The summed E-state index contributed by atoms with van der Waals surface area (Å²) in [5, 5.41) is 10.4. The van der Waals surface area contributed by atoms with Gasteiger partial charge in [0.05, 0.1) is 0 Å². The Morgan fingerprint density at radius 2 is 2.00 bits per heavy atom. The molecule has 0 rings (SSSR count). The first kappa shape index (κ1) is 0.968. The molecule has 4 heavy (non-hydrogen) atoms. The van der Waals surface area contributed by atoms with Gasteiger partial charge >= 0.3 is 7.32 Å². The van der Waals surface area contributed by atoms with Gasteiger partial charge in [0.2, 0.25) is 0 Å². The predicted molar refractivity (Wildman–Crippen MR) is 12.4 cm³/mol. The number of hydrogen-bond donors (Lipinski definition) is 3. The van der Waals surface area contributed by atoms with Gasteiger partial charge in [-0.2, -0.15) is 0 Å². The summed E-state index contributed by atoms with van der Waals surface area (Å²) in [6, 6.07) is 0. The first-order chi connectivity index (χ1) is 3.35. The smallest absolute Gasteiger partial charge is 0.402 e. The zero-order valence-electron chi connectivity index (χ0n) is 4.80. The van der Waals surface area contributed by atoms with Crippen molar-refractivity contribution in [2.24, 2.45) is 0 Å². The highest BCUT2D eigenvalue weighted by Gasteiger charge is 1.92. The third kappa shape index (κ3) is 573. The second-order valence-corrected chi connectivity index (χ2v) is 0.289. The third-order valence-electron chi connectivity index (χ3n) is 0. The van der Waals surface area contributed by atoms with E-state index in [4.69, 9.17) is 4.29 Å². The van der Waals surface area contributed by atoms with Crippen molar-refractivity contribution in [1.82, 2.24) is 0 Å². The average Bonchev–Trinajstić information content (AvgIpc) is 1.72. The van der Waals surface area contributed by atoms with Gasteiger partial charge in [0.25, 0.3) is 0 Å². The lowest BCUT2D eigenvalue weighted by Gasteiger charge is -1.69. The van der Waals surface area contributed by atoms with Crippen LogP contribution < -0.4 is 0 Å². The van der Waals surface area contributed by atoms with Gasteiger partial charge in [0.1, 0.15) is 0 Å².